The number of unbranched alkanes of at least 4 members (excludes halogenated alkanes) is 1. The van der Waals surface area contributed by atoms with E-state index in [1.807, 2.05) is 6.92 Å². The third-order valence-corrected chi connectivity index (χ3v) is 2.98. The Morgan fingerprint density at radius 1 is 0.900 bits per heavy atom. The molecule has 0 spiro atoms. The van der Waals surface area contributed by atoms with Crippen molar-refractivity contribution in [3.8, 4) is 0 Å². The molecule has 0 bridgehead atoms. The monoisotopic (exact) mass is 309 g/mol. The van der Waals surface area contributed by atoms with Crippen LogP contribution in [0.1, 0.15) is 40.0 Å². The molecule has 0 rings (SSSR count). The van der Waals surface area contributed by atoms with Crippen molar-refractivity contribution in [2.75, 3.05) is 46.2 Å². The first-order valence-electron chi connectivity index (χ1n) is 7.77. The predicted molar refractivity (Wildman–Crippen MR) is 84.8 cm³/mol. The minimum absolute atomic E-state index is 0.214. The molecule has 0 aliphatic heterocycles. The minimum Gasteiger partial charge on any atom is -0.379 e. The van der Waals surface area contributed by atoms with Crippen molar-refractivity contribution in [1.29, 1.82) is 0 Å². The average molecular weight is 310 g/mol. The molecule has 0 aromatic carbocycles. The van der Waals surface area contributed by atoms with Gasteiger partial charge in [0.15, 0.2) is 0 Å². The van der Waals surface area contributed by atoms with E-state index < -0.39 is 0 Å². The van der Waals surface area contributed by atoms with Crippen molar-refractivity contribution in [1.82, 2.24) is 5.32 Å². The number of ether oxygens (including phenoxy) is 3. The summed E-state index contributed by atoms with van der Waals surface area (Å²) in [5.74, 6) is 0. The van der Waals surface area contributed by atoms with Crippen LogP contribution in [0.25, 0.3) is 0 Å². The molecule has 0 radical (unpaired) electrons. The molecule has 0 fully saturated rings. The first kappa shape index (κ1) is 20.1. The zero-order chi connectivity index (χ0) is 15.1. The van der Waals surface area contributed by atoms with Crippen LogP contribution >= 0.6 is 11.6 Å². The molecule has 2 unspecified atom stereocenters. The third kappa shape index (κ3) is 16.2. The van der Waals surface area contributed by atoms with Crippen molar-refractivity contribution >= 4 is 11.6 Å². The van der Waals surface area contributed by atoms with Crippen LogP contribution in [0.2, 0.25) is 0 Å². The molecular weight excluding hydrogens is 278 g/mol. The van der Waals surface area contributed by atoms with Crippen LogP contribution in [0.5, 0.6) is 0 Å². The van der Waals surface area contributed by atoms with E-state index in [0.29, 0.717) is 39.1 Å². The second-order valence-electron chi connectivity index (χ2n) is 5.06. The highest BCUT2D eigenvalue weighted by Crippen LogP contribution is 2.03. The van der Waals surface area contributed by atoms with Gasteiger partial charge in [-0.25, -0.2) is 0 Å². The molecule has 0 saturated heterocycles. The summed E-state index contributed by atoms with van der Waals surface area (Å²) < 4.78 is 16.3. The van der Waals surface area contributed by atoms with Crippen LogP contribution in [-0.2, 0) is 14.2 Å². The van der Waals surface area contributed by atoms with Crippen LogP contribution in [0.4, 0.5) is 0 Å². The summed E-state index contributed by atoms with van der Waals surface area (Å²) in [6.07, 6.45) is 3.27. The van der Waals surface area contributed by atoms with Crippen LogP contribution in [0, 0.1) is 0 Å². The van der Waals surface area contributed by atoms with E-state index in [-0.39, 0.29) is 5.38 Å². The van der Waals surface area contributed by atoms with Crippen molar-refractivity contribution in [2.45, 2.75) is 51.5 Å². The molecule has 1 N–H and O–H groups in total. The average Bonchev–Trinajstić information content (AvgIpc) is 2.39. The number of rotatable bonds is 15. The van der Waals surface area contributed by atoms with Gasteiger partial charge in [-0.3, -0.25) is 0 Å². The molecule has 0 heterocycles. The van der Waals surface area contributed by atoms with Gasteiger partial charge in [0.2, 0.25) is 0 Å². The fourth-order valence-electron chi connectivity index (χ4n) is 1.74. The molecule has 0 saturated carbocycles. The van der Waals surface area contributed by atoms with Gasteiger partial charge in [0.1, 0.15) is 0 Å². The van der Waals surface area contributed by atoms with Crippen molar-refractivity contribution in [2.24, 2.45) is 0 Å². The highest BCUT2D eigenvalue weighted by atomic mass is 35.5. The standard InChI is InChI=1S/C15H32ClNO3/c1-4-5-7-18-9-11-20-12-10-19-8-6-17-15(3)13-14(2)16/h14-15,17H,4-13H2,1-3H3. The van der Waals surface area contributed by atoms with Gasteiger partial charge in [0, 0.05) is 24.6 Å². The number of nitrogens with one attached hydrogen (secondary N) is 1. The fraction of sp³-hybridized carbons (Fsp3) is 1.00. The number of hydrogen-bond acceptors (Lipinski definition) is 4. The van der Waals surface area contributed by atoms with Crippen molar-refractivity contribution in [3.05, 3.63) is 0 Å². The largest absolute Gasteiger partial charge is 0.379 e. The van der Waals surface area contributed by atoms with Crippen molar-refractivity contribution < 1.29 is 14.2 Å². The van der Waals surface area contributed by atoms with Crippen LogP contribution in [0.3, 0.4) is 0 Å². The van der Waals surface area contributed by atoms with Gasteiger partial charge in [-0.15, -0.1) is 11.6 Å². The summed E-state index contributed by atoms with van der Waals surface area (Å²) in [5, 5.41) is 3.59. The Bertz CT molecular complexity index is 194. The van der Waals surface area contributed by atoms with Gasteiger partial charge in [0.25, 0.3) is 0 Å². The van der Waals surface area contributed by atoms with E-state index in [1.54, 1.807) is 0 Å². The molecule has 2 atom stereocenters. The summed E-state index contributed by atoms with van der Waals surface area (Å²) in [5.41, 5.74) is 0. The van der Waals surface area contributed by atoms with E-state index in [4.69, 9.17) is 25.8 Å². The highest BCUT2D eigenvalue weighted by Gasteiger charge is 2.04. The van der Waals surface area contributed by atoms with Gasteiger partial charge in [-0.1, -0.05) is 13.3 Å². The lowest BCUT2D eigenvalue weighted by molar-refractivity contribution is 0.0144. The quantitative estimate of drug-likeness (QED) is 0.373. The molecule has 0 aromatic rings. The van der Waals surface area contributed by atoms with Gasteiger partial charge < -0.3 is 19.5 Å². The first-order valence-corrected chi connectivity index (χ1v) is 8.21. The van der Waals surface area contributed by atoms with Gasteiger partial charge in [-0.05, 0) is 26.7 Å². The summed E-state index contributed by atoms with van der Waals surface area (Å²) in [4.78, 5) is 0. The highest BCUT2D eigenvalue weighted by molar-refractivity contribution is 6.20. The molecule has 0 aromatic heterocycles. The van der Waals surface area contributed by atoms with E-state index in [9.17, 15) is 0 Å². The van der Waals surface area contributed by atoms with Crippen molar-refractivity contribution in [3.63, 3.8) is 0 Å². The van der Waals surface area contributed by atoms with Gasteiger partial charge in [0.05, 0.1) is 33.0 Å². The third-order valence-electron chi connectivity index (χ3n) is 2.80. The van der Waals surface area contributed by atoms with Crippen LogP contribution in [0.15, 0.2) is 0 Å². The van der Waals surface area contributed by atoms with E-state index in [1.165, 1.54) is 6.42 Å². The zero-order valence-corrected chi connectivity index (χ0v) is 14.1. The van der Waals surface area contributed by atoms with Gasteiger partial charge in [-0.2, -0.15) is 0 Å². The smallest absolute Gasteiger partial charge is 0.0701 e. The maximum absolute atomic E-state index is 5.93. The Labute approximate surface area is 129 Å². The topological polar surface area (TPSA) is 39.7 Å². The first-order chi connectivity index (χ1) is 9.66. The fourth-order valence-corrected chi connectivity index (χ4v) is 2.00. The Morgan fingerprint density at radius 2 is 1.45 bits per heavy atom. The molecule has 122 valence electrons. The van der Waals surface area contributed by atoms with E-state index in [0.717, 1.165) is 26.0 Å². The van der Waals surface area contributed by atoms with E-state index >= 15 is 0 Å². The summed E-state index contributed by atoms with van der Waals surface area (Å²) >= 11 is 5.93. The SMILES string of the molecule is CCCCOCCOCCOCCNC(C)CC(C)Cl. The maximum atomic E-state index is 5.93. The second kappa shape index (κ2) is 15.5. The Balaban J connectivity index is 3.06. The molecule has 0 aliphatic rings. The number of alkyl halides is 1. The minimum atomic E-state index is 0.214. The summed E-state index contributed by atoms with van der Waals surface area (Å²) in [6.45, 7) is 11.3. The zero-order valence-electron chi connectivity index (χ0n) is 13.3. The lowest BCUT2D eigenvalue weighted by Gasteiger charge is -2.14. The van der Waals surface area contributed by atoms with Crippen LogP contribution in [-0.4, -0.2) is 57.6 Å². The summed E-state index contributed by atoms with van der Waals surface area (Å²) in [7, 11) is 0. The summed E-state index contributed by atoms with van der Waals surface area (Å²) in [6, 6.07) is 0.433. The Morgan fingerprint density at radius 3 is 2.00 bits per heavy atom. The molecule has 20 heavy (non-hydrogen) atoms. The lowest BCUT2D eigenvalue weighted by atomic mass is 10.2. The second-order valence-corrected chi connectivity index (χ2v) is 5.81. The lowest BCUT2D eigenvalue weighted by Crippen LogP contribution is -2.31. The Hall–Kier alpha value is 0.130. The molecular formula is C15H32ClNO3. The normalized spacial score (nSPS) is 14.4. The maximum Gasteiger partial charge on any atom is 0.0701 e. The number of halogens is 1. The molecule has 4 nitrogen and oxygen atoms in total. The Kier molecular flexibility index (Phi) is 15.6. The molecule has 0 amide bonds. The molecule has 5 heteroatoms. The molecule has 0 aliphatic carbocycles. The predicted octanol–water partition coefficient (Wildman–Crippen LogP) is 2.83. The van der Waals surface area contributed by atoms with Gasteiger partial charge >= 0.3 is 0 Å². The van der Waals surface area contributed by atoms with E-state index in [2.05, 4.69) is 19.2 Å². The number of hydrogen-bond donors (Lipinski definition) is 1. The van der Waals surface area contributed by atoms with Crippen LogP contribution < -0.4 is 5.32 Å².